The van der Waals surface area contributed by atoms with Gasteiger partial charge in [0.25, 0.3) is 6.71 Å². The minimum Gasteiger partial charge on any atom is -0.454 e. The van der Waals surface area contributed by atoms with Crippen molar-refractivity contribution in [2.24, 2.45) is 0 Å². The van der Waals surface area contributed by atoms with Crippen LogP contribution < -0.4 is 30.4 Å². The summed E-state index contributed by atoms with van der Waals surface area (Å²) in [6, 6.07) is 59.7. The SMILES string of the molecule is CC(C)(C)c1ccc(N(c2ccc(C(C)(C)C)cc2)c2cc3c4c(c2)N(c2cccc5c2oc2ccccc25)c2cc5c(cc2B4c2sc4ccc(C(C)(C)C)cc4c2N3c2ccc3c(c2)C(C)(C)CCC3(C)C)C(C)(C)CCC5(C)C)cc1. The second-order valence-corrected chi connectivity index (χ2v) is 32.3. The van der Waals surface area contributed by atoms with Crippen LogP contribution in [0.3, 0.4) is 0 Å². The maximum atomic E-state index is 7.20. The van der Waals surface area contributed by atoms with Crippen molar-refractivity contribution in [1.82, 2.24) is 0 Å². The standard InChI is InChI=1S/C78H84BN3OS/c1-72(2,3)47-25-30-50(31-26-47)80(51-32-27-48(28-33-51)73(4,5)6)53-43-64-68-65(44-53)82(62-23-20-22-55-54-21-18-19-24-66(54)83-70(55)62)63-46-60-59(77(14,15)39-40-78(60,16)17)45-61(63)79(68)71-69(56-41-49(74(7,8)9)29-36-67(56)84-71)81(64)52-34-35-57-58(42-52)76(12,13)38-37-75(57,10)11/h18-36,41-46H,37-40H2,1-17H3. The van der Waals surface area contributed by atoms with Crippen molar-refractivity contribution in [3.63, 3.8) is 0 Å². The van der Waals surface area contributed by atoms with Gasteiger partial charge in [-0.1, -0.05) is 190 Å². The molecule has 0 bridgehead atoms. The van der Waals surface area contributed by atoms with Crippen molar-refractivity contribution in [2.75, 3.05) is 14.7 Å². The van der Waals surface area contributed by atoms with Crippen LogP contribution in [0.5, 0.6) is 0 Å². The molecule has 14 rings (SSSR count). The lowest BCUT2D eigenvalue weighted by Crippen LogP contribution is -2.61. The van der Waals surface area contributed by atoms with E-state index in [9.17, 15) is 0 Å². The molecule has 6 heteroatoms. The lowest BCUT2D eigenvalue weighted by atomic mass is 9.35. The van der Waals surface area contributed by atoms with Crippen molar-refractivity contribution in [1.29, 1.82) is 0 Å². The number of fused-ring (bicyclic) bond motifs is 11. The van der Waals surface area contributed by atoms with Gasteiger partial charge in [-0.05, 0) is 192 Å². The second-order valence-electron chi connectivity index (χ2n) is 31.2. The third-order valence-electron chi connectivity index (χ3n) is 20.4. The van der Waals surface area contributed by atoms with Crippen molar-refractivity contribution in [3.05, 3.63) is 191 Å². The highest BCUT2D eigenvalue weighted by molar-refractivity contribution is 7.33. The zero-order valence-corrected chi connectivity index (χ0v) is 53.8. The minimum absolute atomic E-state index is 0.00464. The van der Waals surface area contributed by atoms with E-state index in [-0.39, 0.29) is 44.6 Å². The summed E-state index contributed by atoms with van der Waals surface area (Å²) < 4.78 is 9.92. The zero-order valence-electron chi connectivity index (χ0n) is 53.0. The fourth-order valence-electron chi connectivity index (χ4n) is 14.9. The number of nitrogens with zero attached hydrogens (tertiary/aromatic N) is 3. The maximum absolute atomic E-state index is 7.20. The third-order valence-corrected chi connectivity index (χ3v) is 21.7. The van der Waals surface area contributed by atoms with E-state index in [2.05, 4.69) is 284 Å². The monoisotopic (exact) mass is 1120 g/mol. The van der Waals surface area contributed by atoms with Crippen LogP contribution in [0.2, 0.25) is 0 Å². The average Bonchev–Trinajstić information content (AvgIpc) is 1.17. The molecule has 0 unspecified atom stereocenters. The van der Waals surface area contributed by atoms with E-state index in [1.807, 2.05) is 11.3 Å². The molecule has 0 atom stereocenters. The van der Waals surface area contributed by atoms with Crippen LogP contribution in [0.15, 0.2) is 156 Å². The molecule has 0 saturated carbocycles. The Hall–Kier alpha value is -7.02. The number of hydrogen-bond acceptors (Lipinski definition) is 5. The number of rotatable bonds is 5. The molecule has 2 aliphatic carbocycles. The van der Waals surface area contributed by atoms with Gasteiger partial charge in [-0.15, -0.1) is 11.3 Å². The van der Waals surface area contributed by atoms with Gasteiger partial charge in [0.05, 0.1) is 17.1 Å². The number of benzene rings is 8. The van der Waals surface area contributed by atoms with Gasteiger partial charge < -0.3 is 19.1 Å². The van der Waals surface area contributed by atoms with Crippen LogP contribution in [0.4, 0.5) is 51.2 Å². The van der Waals surface area contributed by atoms with E-state index >= 15 is 0 Å². The van der Waals surface area contributed by atoms with Gasteiger partial charge in [0, 0.05) is 59.8 Å². The lowest BCUT2D eigenvalue weighted by Gasteiger charge is -2.47. The van der Waals surface area contributed by atoms with E-state index in [4.69, 9.17) is 4.42 Å². The average molecular weight is 1120 g/mol. The molecule has 0 spiro atoms. The smallest absolute Gasteiger partial charge is 0.264 e. The zero-order chi connectivity index (χ0) is 59.2. The van der Waals surface area contributed by atoms with Gasteiger partial charge >= 0.3 is 0 Å². The minimum atomic E-state index is -0.0726. The van der Waals surface area contributed by atoms with Gasteiger partial charge in [0.1, 0.15) is 5.58 Å². The molecule has 0 amide bonds. The molecule has 0 N–H and O–H groups in total. The van der Waals surface area contributed by atoms with E-state index in [0.717, 1.165) is 70.4 Å². The highest BCUT2D eigenvalue weighted by Gasteiger charge is 2.49. The number of hydrogen-bond donors (Lipinski definition) is 0. The van der Waals surface area contributed by atoms with Crippen molar-refractivity contribution in [2.45, 2.75) is 181 Å². The molecule has 4 nitrogen and oxygen atoms in total. The summed E-state index contributed by atoms with van der Waals surface area (Å²) in [6.07, 6.45) is 4.56. The molecule has 10 aromatic rings. The topological polar surface area (TPSA) is 22.9 Å². The number of furan rings is 1. The number of anilines is 9. The van der Waals surface area contributed by atoms with Crippen LogP contribution in [0.1, 0.15) is 182 Å². The summed E-state index contributed by atoms with van der Waals surface area (Å²) >= 11 is 2.01. The summed E-state index contributed by atoms with van der Waals surface area (Å²) in [6.45, 7) is 40.7. The first-order valence-corrected chi connectivity index (χ1v) is 31.9. The molecule has 0 radical (unpaired) electrons. The molecule has 0 fully saturated rings. The first-order chi connectivity index (χ1) is 39.5. The molecule has 84 heavy (non-hydrogen) atoms. The molecular formula is C78H84BN3OS. The fourth-order valence-corrected chi connectivity index (χ4v) is 16.2. The highest BCUT2D eigenvalue weighted by Crippen LogP contribution is 2.56. The quantitative estimate of drug-likeness (QED) is 0.160. The first kappa shape index (κ1) is 54.9. The molecule has 2 aliphatic heterocycles. The summed E-state index contributed by atoms with van der Waals surface area (Å²) in [5.74, 6) is 0. The highest BCUT2D eigenvalue weighted by atomic mass is 32.1. The summed E-state index contributed by atoms with van der Waals surface area (Å²) in [4.78, 5) is 7.92. The summed E-state index contributed by atoms with van der Waals surface area (Å²) in [5, 5.41) is 3.57. The number of thiophene rings is 1. The molecule has 4 heterocycles. The Balaban J connectivity index is 1.17. The van der Waals surface area contributed by atoms with Gasteiger partial charge in [0.15, 0.2) is 5.58 Å². The van der Waals surface area contributed by atoms with Crippen LogP contribution >= 0.6 is 11.3 Å². The Morgan fingerprint density at radius 1 is 0.440 bits per heavy atom. The van der Waals surface area contributed by atoms with E-state index < -0.39 is 0 Å². The predicted octanol–water partition coefficient (Wildman–Crippen LogP) is 20.9. The van der Waals surface area contributed by atoms with E-state index in [0.29, 0.717) is 0 Å². The lowest BCUT2D eigenvalue weighted by molar-refractivity contribution is 0.332. The van der Waals surface area contributed by atoms with Gasteiger partial charge in [-0.3, -0.25) is 0 Å². The largest absolute Gasteiger partial charge is 0.454 e. The summed E-state index contributed by atoms with van der Waals surface area (Å²) in [7, 11) is 0. The fraction of sp³-hybridized carbons (Fsp3) is 0.359. The molecule has 0 saturated heterocycles. The molecule has 4 aliphatic rings. The van der Waals surface area contributed by atoms with Crippen molar-refractivity contribution >= 4 is 117 Å². The molecule has 2 aromatic heterocycles. The third kappa shape index (κ3) is 8.48. The van der Waals surface area contributed by atoms with Crippen LogP contribution in [-0.4, -0.2) is 6.71 Å². The van der Waals surface area contributed by atoms with Crippen LogP contribution in [0, 0.1) is 0 Å². The predicted molar refractivity (Wildman–Crippen MR) is 364 cm³/mol. The van der Waals surface area contributed by atoms with Crippen LogP contribution in [-0.2, 0) is 37.9 Å². The Bertz CT molecular complexity index is 4280. The maximum Gasteiger partial charge on any atom is 0.264 e. The van der Waals surface area contributed by atoms with Gasteiger partial charge in [0.2, 0.25) is 0 Å². The van der Waals surface area contributed by atoms with E-state index in [1.54, 1.807) is 0 Å². The Morgan fingerprint density at radius 3 is 1.56 bits per heavy atom. The van der Waals surface area contributed by atoms with Crippen molar-refractivity contribution < 1.29 is 4.42 Å². The Kier molecular flexibility index (Phi) is 11.9. The van der Waals surface area contributed by atoms with Gasteiger partial charge in [-0.2, -0.15) is 0 Å². The number of para-hydroxylation sites is 2. The van der Waals surface area contributed by atoms with Gasteiger partial charge in [-0.25, -0.2) is 0 Å². The normalized spacial score (nSPS) is 17.5. The van der Waals surface area contributed by atoms with Crippen LogP contribution in [0.25, 0.3) is 32.0 Å². The Morgan fingerprint density at radius 2 is 0.964 bits per heavy atom. The van der Waals surface area contributed by atoms with E-state index in [1.165, 1.54) is 93.2 Å². The first-order valence-electron chi connectivity index (χ1n) is 31.1. The molecule has 426 valence electrons. The molecule has 8 aromatic carbocycles. The summed E-state index contributed by atoms with van der Waals surface area (Å²) in [5.41, 5.74) is 24.7. The Labute approximate surface area is 505 Å². The second kappa shape index (κ2) is 18.3. The molecular weight excluding hydrogens is 1040 g/mol. The van der Waals surface area contributed by atoms with Crippen molar-refractivity contribution in [3.8, 4) is 0 Å².